The van der Waals surface area contributed by atoms with E-state index in [0.29, 0.717) is 0 Å². The molecular weight excluding hydrogens is 386 g/mol. The third-order valence-corrected chi connectivity index (χ3v) is 3.77. The van der Waals surface area contributed by atoms with Crippen LogP contribution in [-0.2, 0) is 4.79 Å². The molecule has 3 N–H and O–H groups in total. The molecule has 0 heterocycles. The molecule has 2 aromatic carbocycles. The first-order valence-corrected chi connectivity index (χ1v) is 8.16. The third kappa shape index (κ3) is 5.46. The van der Waals surface area contributed by atoms with Gasteiger partial charge in [-0.2, -0.15) is 0 Å². The van der Waals surface area contributed by atoms with E-state index in [0.717, 1.165) is 12.1 Å². The van der Waals surface area contributed by atoms with E-state index in [1.54, 1.807) is 0 Å². The van der Waals surface area contributed by atoms with Gasteiger partial charge >= 0.3 is 0 Å². The Hall–Kier alpha value is -4.06. The van der Waals surface area contributed by atoms with E-state index >= 15 is 0 Å². The van der Waals surface area contributed by atoms with Crippen molar-refractivity contribution in [1.82, 2.24) is 10.9 Å². The normalized spacial score (nSPS) is 11.2. The minimum absolute atomic E-state index is 0.0275. The van der Waals surface area contributed by atoms with Gasteiger partial charge in [-0.05, 0) is 19.1 Å². The number of benzene rings is 2. The van der Waals surface area contributed by atoms with Gasteiger partial charge in [0.25, 0.3) is 17.3 Å². The topological polar surface area (TPSA) is 166 Å². The van der Waals surface area contributed by atoms with Crippen LogP contribution in [0.15, 0.2) is 42.5 Å². The number of hydrogen-bond donors (Lipinski definition) is 3. The molecule has 152 valence electrons. The first-order valence-electron chi connectivity index (χ1n) is 8.16. The van der Waals surface area contributed by atoms with Gasteiger partial charge in [0.1, 0.15) is 11.8 Å². The summed E-state index contributed by atoms with van der Waals surface area (Å²) in [6.45, 7) is 1.44. The predicted molar refractivity (Wildman–Crippen MR) is 101 cm³/mol. The van der Waals surface area contributed by atoms with E-state index in [9.17, 15) is 29.8 Å². The van der Waals surface area contributed by atoms with Crippen LogP contribution in [0.5, 0.6) is 5.75 Å². The van der Waals surface area contributed by atoms with Crippen LogP contribution in [0, 0.1) is 20.2 Å². The Balaban J connectivity index is 2.02. The molecule has 0 aromatic heterocycles. The standard InChI is InChI=1S/C17H17N5O7/c1-10(19-20-17(24)11-4-3-5-12(8-11)21(25)26)16(23)18-14-9-13(22(27)28)6-7-15(14)29-2/h3-10,19H,1-2H3,(H,18,23)(H,20,24)/t10-/m1/s1. The average molecular weight is 403 g/mol. The van der Waals surface area contributed by atoms with Gasteiger partial charge < -0.3 is 10.1 Å². The van der Waals surface area contributed by atoms with Crippen LogP contribution in [0.1, 0.15) is 17.3 Å². The number of amides is 2. The number of nitrogens with one attached hydrogen (secondary N) is 3. The highest BCUT2D eigenvalue weighted by Crippen LogP contribution is 2.28. The lowest BCUT2D eigenvalue weighted by atomic mass is 10.2. The summed E-state index contributed by atoms with van der Waals surface area (Å²) >= 11 is 0. The number of hydrogen-bond acceptors (Lipinski definition) is 8. The number of nitro groups is 2. The largest absolute Gasteiger partial charge is 0.495 e. The van der Waals surface area contributed by atoms with Gasteiger partial charge in [-0.15, -0.1) is 0 Å². The molecule has 1 atom stereocenters. The molecule has 12 nitrogen and oxygen atoms in total. The van der Waals surface area contributed by atoms with Crippen molar-refractivity contribution in [3.05, 3.63) is 68.3 Å². The predicted octanol–water partition coefficient (Wildman–Crippen LogP) is 1.77. The molecule has 0 radical (unpaired) electrons. The van der Waals surface area contributed by atoms with Crippen molar-refractivity contribution in [3.8, 4) is 5.75 Å². The average Bonchev–Trinajstić information content (AvgIpc) is 2.71. The lowest BCUT2D eigenvalue weighted by Crippen LogP contribution is -2.48. The number of ether oxygens (including phenoxy) is 1. The Morgan fingerprint density at radius 2 is 1.69 bits per heavy atom. The van der Waals surface area contributed by atoms with Crippen molar-refractivity contribution in [1.29, 1.82) is 0 Å². The van der Waals surface area contributed by atoms with E-state index in [1.165, 1.54) is 44.4 Å². The Morgan fingerprint density at radius 3 is 2.31 bits per heavy atom. The zero-order chi connectivity index (χ0) is 21.6. The minimum atomic E-state index is -0.943. The number of carbonyl (C=O) groups excluding carboxylic acids is 2. The number of rotatable bonds is 8. The number of carbonyl (C=O) groups is 2. The Morgan fingerprint density at radius 1 is 1.03 bits per heavy atom. The molecule has 0 fully saturated rings. The molecule has 0 bridgehead atoms. The Labute approximate surface area is 164 Å². The summed E-state index contributed by atoms with van der Waals surface area (Å²) in [5.74, 6) is -1.07. The van der Waals surface area contributed by atoms with Gasteiger partial charge in [-0.3, -0.25) is 35.2 Å². The second-order valence-corrected chi connectivity index (χ2v) is 5.76. The SMILES string of the molecule is COc1ccc([N+](=O)[O-])cc1NC(=O)[C@@H](C)NNC(=O)c1cccc([N+](=O)[O-])c1. The van der Waals surface area contributed by atoms with Crippen molar-refractivity contribution >= 4 is 28.9 Å². The van der Waals surface area contributed by atoms with Crippen molar-refractivity contribution in [2.45, 2.75) is 13.0 Å². The highest BCUT2D eigenvalue weighted by Gasteiger charge is 2.19. The van der Waals surface area contributed by atoms with Crippen molar-refractivity contribution in [2.75, 3.05) is 12.4 Å². The quantitative estimate of drug-likeness (QED) is 0.443. The number of hydrazine groups is 1. The minimum Gasteiger partial charge on any atom is -0.495 e. The second kappa shape index (κ2) is 9.23. The van der Waals surface area contributed by atoms with Gasteiger partial charge in [0.15, 0.2) is 0 Å². The smallest absolute Gasteiger partial charge is 0.271 e. The molecule has 29 heavy (non-hydrogen) atoms. The maximum Gasteiger partial charge on any atom is 0.271 e. The fourth-order valence-corrected chi connectivity index (χ4v) is 2.22. The van der Waals surface area contributed by atoms with Crippen molar-refractivity contribution in [3.63, 3.8) is 0 Å². The highest BCUT2D eigenvalue weighted by atomic mass is 16.6. The second-order valence-electron chi connectivity index (χ2n) is 5.76. The van der Waals surface area contributed by atoms with E-state index in [-0.39, 0.29) is 28.4 Å². The zero-order valence-electron chi connectivity index (χ0n) is 15.4. The zero-order valence-corrected chi connectivity index (χ0v) is 15.4. The summed E-state index contributed by atoms with van der Waals surface area (Å²) in [5.41, 5.74) is 4.38. The van der Waals surface area contributed by atoms with E-state index < -0.39 is 27.7 Å². The maximum absolute atomic E-state index is 12.3. The van der Waals surface area contributed by atoms with Gasteiger partial charge in [0, 0.05) is 29.8 Å². The lowest BCUT2D eigenvalue weighted by Gasteiger charge is -2.16. The highest BCUT2D eigenvalue weighted by molar-refractivity contribution is 5.97. The van der Waals surface area contributed by atoms with Crippen LogP contribution < -0.4 is 20.9 Å². The summed E-state index contributed by atoms with van der Waals surface area (Å²) in [6, 6.07) is 7.85. The van der Waals surface area contributed by atoms with Crippen LogP contribution in [0.4, 0.5) is 17.1 Å². The van der Waals surface area contributed by atoms with Gasteiger partial charge in [0.05, 0.1) is 22.6 Å². The fraction of sp³-hybridized carbons (Fsp3) is 0.176. The first-order chi connectivity index (χ1) is 13.7. The lowest BCUT2D eigenvalue weighted by molar-refractivity contribution is -0.385. The summed E-state index contributed by atoms with van der Waals surface area (Å²) in [4.78, 5) is 44.8. The molecule has 2 aromatic rings. The molecule has 0 spiro atoms. The molecule has 0 saturated carbocycles. The molecule has 2 amide bonds. The summed E-state index contributed by atoms with van der Waals surface area (Å²) in [6.07, 6.45) is 0. The Bertz CT molecular complexity index is 963. The number of nitrogens with zero attached hydrogens (tertiary/aromatic N) is 2. The molecule has 2 rings (SSSR count). The van der Waals surface area contributed by atoms with Crippen LogP contribution in [0.25, 0.3) is 0 Å². The molecule has 0 unspecified atom stereocenters. The molecule has 0 saturated heterocycles. The monoisotopic (exact) mass is 403 g/mol. The van der Waals surface area contributed by atoms with Gasteiger partial charge in [0.2, 0.25) is 5.91 Å². The van der Waals surface area contributed by atoms with E-state index in [2.05, 4.69) is 16.2 Å². The maximum atomic E-state index is 12.3. The van der Waals surface area contributed by atoms with Crippen LogP contribution >= 0.6 is 0 Å². The first kappa shape index (κ1) is 21.2. The molecular formula is C17H17N5O7. The Kier molecular flexibility index (Phi) is 6.76. The van der Waals surface area contributed by atoms with Crippen LogP contribution in [0.2, 0.25) is 0 Å². The summed E-state index contributed by atoms with van der Waals surface area (Å²) < 4.78 is 5.06. The van der Waals surface area contributed by atoms with Crippen molar-refractivity contribution in [2.24, 2.45) is 0 Å². The van der Waals surface area contributed by atoms with Crippen LogP contribution in [0.3, 0.4) is 0 Å². The van der Waals surface area contributed by atoms with Gasteiger partial charge in [-0.25, -0.2) is 5.43 Å². The molecule has 0 aliphatic rings. The fourth-order valence-electron chi connectivity index (χ4n) is 2.22. The number of methoxy groups -OCH3 is 1. The summed E-state index contributed by atoms with van der Waals surface area (Å²) in [7, 11) is 1.35. The molecule has 0 aliphatic heterocycles. The van der Waals surface area contributed by atoms with Crippen LogP contribution in [-0.4, -0.2) is 34.8 Å². The molecule has 12 heteroatoms. The third-order valence-electron chi connectivity index (χ3n) is 3.77. The summed E-state index contributed by atoms with van der Waals surface area (Å²) in [5, 5.41) is 24.1. The van der Waals surface area contributed by atoms with E-state index in [4.69, 9.17) is 4.74 Å². The van der Waals surface area contributed by atoms with Crippen molar-refractivity contribution < 1.29 is 24.2 Å². The molecule has 0 aliphatic carbocycles. The van der Waals surface area contributed by atoms with E-state index in [1.807, 2.05) is 0 Å². The number of nitro benzene ring substituents is 2. The van der Waals surface area contributed by atoms with Gasteiger partial charge in [-0.1, -0.05) is 6.07 Å². The number of non-ortho nitro benzene ring substituents is 2. The number of anilines is 1.